The number of hydrogen-bond donors (Lipinski definition) is 1. The van der Waals surface area contributed by atoms with Crippen LogP contribution in [0, 0.1) is 17.5 Å². The fourth-order valence-corrected chi connectivity index (χ4v) is 3.30. The van der Waals surface area contributed by atoms with Gasteiger partial charge >= 0.3 is 5.97 Å². The Hall–Kier alpha value is -2.35. The molecule has 34 heavy (non-hydrogen) atoms. The normalized spacial score (nSPS) is 9.62. The first kappa shape index (κ1) is 29.7. The molecule has 1 N–H and O–H groups in total. The smallest absolute Gasteiger partial charge is 0.307 e. The Bertz CT molecular complexity index is 1120. The van der Waals surface area contributed by atoms with Crippen molar-refractivity contribution in [1.29, 1.82) is 0 Å². The summed E-state index contributed by atoms with van der Waals surface area (Å²) in [5.41, 5.74) is 0.994. The number of aliphatic imine (C=N–C) groups is 1. The lowest BCUT2D eigenvalue weighted by Crippen LogP contribution is -2.02. The van der Waals surface area contributed by atoms with Gasteiger partial charge in [-0.05, 0) is 23.8 Å². The summed E-state index contributed by atoms with van der Waals surface area (Å²) in [6.45, 7) is -0.0180. The van der Waals surface area contributed by atoms with E-state index in [1.54, 1.807) is 18.2 Å². The Morgan fingerprint density at radius 1 is 0.824 bits per heavy atom. The molecule has 0 unspecified atom stereocenters. The molecular weight excluding hydrogens is 582 g/mol. The van der Waals surface area contributed by atoms with Gasteiger partial charge < -0.3 is 5.11 Å². The lowest BCUT2D eigenvalue weighted by molar-refractivity contribution is -0.136. The van der Waals surface area contributed by atoms with Gasteiger partial charge in [0.15, 0.2) is 0 Å². The molecule has 0 atom stereocenters. The standard InChI is InChI=1S/C8H5ClFNO.C8H6ClFO2.C7H5BrClF/c9-7-3-1-2-6(8(7)10)4-11-5-12;9-6-3-1-2-5(8(6)10)4-7(11)12;8-4-5-2-1-3-6(9)7(5)10/h1-3H,4H2;1-3H,4H2,(H,11,12);1-3H,4H2. The molecular formula is C23H16BrCl3F3NO3. The van der Waals surface area contributed by atoms with Gasteiger partial charge in [0, 0.05) is 16.5 Å². The summed E-state index contributed by atoms with van der Waals surface area (Å²) in [4.78, 5) is 23.2. The largest absolute Gasteiger partial charge is 0.481 e. The summed E-state index contributed by atoms with van der Waals surface area (Å²) in [7, 11) is 0. The predicted octanol–water partition coefficient (Wildman–Crippen LogP) is 7.80. The first-order valence-electron chi connectivity index (χ1n) is 9.22. The van der Waals surface area contributed by atoms with E-state index in [4.69, 9.17) is 39.9 Å². The molecule has 0 saturated heterocycles. The maximum atomic E-state index is 13.0. The van der Waals surface area contributed by atoms with Crippen LogP contribution in [0.15, 0.2) is 59.6 Å². The number of carboxylic acid groups (broad SMARTS) is 1. The monoisotopic (exact) mass is 595 g/mol. The second kappa shape index (κ2) is 15.5. The maximum absolute atomic E-state index is 13.0. The van der Waals surface area contributed by atoms with Gasteiger partial charge in [0.05, 0.1) is 28.0 Å². The summed E-state index contributed by atoms with van der Waals surface area (Å²) < 4.78 is 38.8. The minimum absolute atomic E-state index is 0.0180. The van der Waals surface area contributed by atoms with Crippen LogP contribution in [0.1, 0.15) is 16.7 Å². The average molecular weight is 598 g/mol. The molecule has 0 aromatic heterocycles. The summed E-state index contributed by atoms with van der Waals surface area (Å²) in [6, 6.07) is 13.8. The first-order valence-corrected chi connectivity index (χ1v) is 11.5. The molecule has 0 aliphatic heterocycles. The van der Waals surface area contributed by atoms with Crippen molar-refractivity contribution in [1.82, 2.24) is 0 Å². The molecule has 0 radical (unpaired) electrons. The lowest BCUT2D eigenvalue weighted by Gasteiger charge is -1.99. The van der Waals surface area contributed by atoms with E-state index in [1.165, 1.54) is 42.5 Å². The number of hydrogen-bond acceptors (Lipinski definition) is 3. The van der Waals surface area contributed by atoms with E-state index in [2.05, 4.69) is 20.9 Å². The van der Waals surface area contributed by atoms with Crippen LogP contribution in [0.2, 0.25) is 15.1 Å². The SMILES string of the molecule is Fc1c(Cl)cccc1CBr.O=C(O)Cc1cccc(Cl)c1F.O=C=NCc1cccc(Cl)c1F. The van der Waals surface area contributed by atoms with E-state index in [1.807, 2.05) is 0 Å². The van der Waals surface area contributed by atoms with Gasteiger partial charge in [-0.15, -0.1) is 0 Å². The summed E-state index contributed by atoms with van der Waals surface area (Å²) in [5, 5.41) is 9.04. The van der Waals surface area contributed by atoms with Crippen LogP contribution in [-0.2, 0) is 27.9 Å². The number of carbonyl (C=O) groups excluding carboxylic acids is 1. The van der Waals surface area contributed by atoms with Gasteiger partial charge in [-0.3, -0.25) is 4.79 Å². The van der Waals surface area contributed by atoms with Crippen molar-refractivity contribution in [2.75, 3.05) is 0 Å². The van der Waals surface area contributed by atoms with Crippen LogP contribution < -0.4 is 0 Å². The van der Waals surface area contributed by atoms with Crippen molar-refractivity contribution in [3.8, 4) is 0 Å². The second-order valence-electron chi connectivity index (χ2n) is 6.25. The fraction of sp³-hybridized carbons (Fsp3) is 0.130. The molecule has 0 bridgehead atoms. The van der Waals surface area contributed by atoms with Gasteiger partial charge in [0.1, 0.15) is 17.5 Å². The molecule has 4 nitrogen and oxygen atoms in total. The third-order valence-electron chi connectivity index (χ3n) is 3.89. The third-order valence-corrected chi connectivity index (χ3v) is 5.37. The molecule has 0 heterocycles. The molecule has 0 amide bonds. The van der Waals surface area contributed by atoms with E-state index in [9.17, 15) is 22.8 Å². The topological polar surface area (TPSA) is 66.7 Å². The van der Waals surface area contributed by atoms with Crippen LogP contribution in [0.25, 0.3) is 0 Å². The summed E-state index contributed by atoms with van der Waals surface area (Å²) in [5.74, 6) is -2.59. The molecule has 11 heteroatoms. The van der Waals surface area contributed by atoms with E-state index in [0.717, 1.165) is 0 Å². The van der Waals surface area contributed by atoms with E-state index < -0.39 is 17.6 Å². The van der Waals surface area contributed by atoms with Crippen molar-refractivity contribution in [2.45, 2.75) is 18.3 Å². The van der Waals surface area contributed by atoms with Gasteiger partial charge in [-0.1, -0.05) is 87.1 Å². The highest BCUT2D eigenvalue weighted by Crippen LogP contribution is 2.20. The lowest BCUT2D eigenvalue weighted by atomic mass is 10.1. The number of benzene rings is 3. The van der Waals surface area contributed by atoms with E-state index >= 15 is 0 Å². The van der Waals surface area contributed by atoms with Crippen LogP contribution in [-0.4, -0.2) is 17.2 Å². The Kier molecular flexibility index (Phi) is 13.6. The molecule has 3 rings (SSSR count). The van der Waals surface area contributed by atoms with Crippen LogP contribution in [0.4, 0.5) is 13.2 Å². The Morgan fingerprint density at radius 3 is 1.65 bits per heavy atom. The first-order chi connectivity index (χ1) is 16.1. The number of carboxylic acids is 1. The average Bonchev–Trinajstić information content (AvgIpc) is 2.80. The minimum atomic E-state index is -1.07. The summed E-state index contributed by atoms with van der Waals surface area (Å²) >= 11 is 19.5. The zero-order chi connectivity index (χ0) is 25.7. The zero-order valence-electron chi connectivity index (χ0n) is 17.2. The molecule has 3 aromatic rings. The Labute approximate surface area is 217 Å². The Morgan fingerprint density at radius 2 is 1.24 bits per heavy atom. The van der Waals surface area contributed by atoms with Crippen molar-refractivity contribution in [3.63, 3.8) is 0 Å². The maximum Gasteiger partial charge on any atom is 0.307 e. The quantitative estimate of drug-likeness (QED) is 0.186. The number of alkyl halides is 1. The third kappa shape index (κ3) is 9.87. The fourth-order valence-electron chi connectivity index (χ4n) is 2.29. The molecule has 0 aliphatic rings. The number of aliphatic carboxylic acids is 1. The van der Waals surface area contributed by atoms with Gasteiger partial charge in [0.25, 0.3) is 0 Å². The molecule has 0 aliphatic carbocycles. The highest BCUT2D eigenvalue weighted by molar-refractivity contribution is 9.08. The summed E-state index contributed by atoms with van der Waals surface area (Å²) in [6.07, 6.45) is 0.987. The van der Waals surface area contributed by atoms with E-state index in [-0.39, 0.29) is 39.4 Å². The number of carbonyl (C=O) groups is 1. The Balaban J connectivity index is 0.000000256. The molecule has 180 valence electrons. The van der Waals surface area contributed by atoms with Crippen molar-refractivity contribution >= 4 is 62.8 Å². The van der Waals surface area contributed by atoms with Gasteiger partial charge in [0.2, 0.25) is 6.08 Å². The van der Waals surface area contributed by atoms with Crippen molar-refractivity contribution < 1.29 is 27.9 Å². The predicted molar refractivity (Wildman–Crippen MR) is 130 cm³/mol. The van der Waals surface area contributed by atoms with E-state index in [0.29, 0.717) is 16.5 Å². The molecule has 3 aromatic carbocycles. The molecule has 0 fully saturated rings. The molecule has 0 saturated carbocycles. The van der Waals surface area contributed by atoms with Crippen LogP contribution in [0.5, 0.6) is 0 Å². The molecule has 0 spiro atoms. The van der Waals surface area contributed by atoms with Crippen molar-refractivity contribution in [2.24, 2.45) is 4.99 Å². The number of nitrogens with zero attached hydrogens (tertiary/aromatic N) is 1. The highest BCUT2D eigenvalue weighted by Gasteiger charge is 2.09. The highest BCUT2D eigenvalue weighted by atomic mass is 79.9. The van der Waals surface area contributed by atoms with Gasteiger partial charge in [-0.2, -0.15) is 0 Å². The zero-order valence-corrected chi connectivity index (χ0v) is 21.0. The number of halogens is 7. The number of isocyanates is 1. The van der Waals surface area contributed by atoms with Gasteiger partial charge in [-0.25, -0.2) is 23.0 Å². The number of rotatable bonds is 5. The second-order valence-corrected chi connectivity index (χ2v) is 8.03. The van der Waals surface area contributed by atoms with Crippen LogP contribution >= 0.6 is 50.7 Å². The minimum Gasteiger partial charge on any atom is -0.481 e. The van der Waals surface area contributed by atoms with Crippen molar-refractivity contribution in [3.05, 3.63) is 104 Å². The van der Waals surface area contributed by atoms with Crippen LogP contribution in [0.3, 0.4) is 0 Å².